The zero-order valence-electron chi connectivity index (χ0n) is 55.1. The quantitative estimate of drug-likeness (QED) is 0.0329. The number of thioether (sulfide) groups is 4. The van der Waals surface area contributed by atoms with Gasteiger partial charge in [-0.15, -0.1) is 0 Å². The fourth-order valence-corrected chi connectivity index (χ4v) is 14.2. The van der Waals surface area contributed by atoms with Crippen LogP contribution < -0.4 is 0 Å². The van der Waals surface area contributed by atoms with Gasteiger partial charge in [0, 0.05) is 44.0 Å². The van der Waals surface area contributed by atoms with Crippen molar-refractivity contribution in [2.75, 3.05) is 49.4 Å². The van der Waals surface area contributed by atoms with E-state index in [4.69, 9.17) is 18.9 Å². The minimum absolute atomic E-state index is 0.223. The average Bonchev–Trinajstić information content (AvgIpc) is 3.46. The number of esters is 4. The number of carbonyl (C=O) groups is 4. The zero-order valence-corrected chi connectivity index (χ0v) is 58.4. The van der Waals surface area contributed by atoms with Gasteiger partial charge in [0.1, 0.15) is 31.8 Å². The van der Waals surface area contributed by atoms with Crippen molar-refractivity contribution in [3.05, 3.63) is 0 Å². The average molecular weight is 1220 g/mol. The Morgan fingerprint density at radius 3 is 0.605 bits per heavy atom. The molecule has 0 bridgehead atoms. The molecule has 480 valence electrons. The predicted octanol–water partition coefficient (Wildman–Crippen LogP) is 21.3. The molecule has 0 aromatic heterocycles. The third kappa shape index (κ3) is 48.0. The van der Waals surface area contributed by atoms with Crippen LogP contribution in [0, 0.1) is 29.1 Å². The van der Waals surface area contributed by atoms with E-state index >= 15 is 0 Å². The number of hydrogen-bond acceptors (Lipinski definition) is 12. The Labute approximate surface area is 519 Å². The fourth-order valence-electron chi connectivity index (χ4n) is 9.82. The van der Waals surface area contributed by atoms with Crippen molar-refractivity contribution >= 4 is 70.9 Å². The molecule has 0 aliphatic rings. The second-order valence-electron chi connectivity index (χ2n) is 25.2. The molecule has 0 aliphatic carbocycles. The van der Waals surface area contributed by atoms with E-state index in [1.807, 2.05) is 27.7 Å². The Morgan fingerprint density at radius 2 is 0.432 bits per heavy atom. The lowest BCUT2D eigenvalue weighted by atomic mass is 9.91. The molecule has 0 rings (SSSR count). The fraction of sp³-hybridized carbons (Fsp3) is 0.942. The maximum atomic E-state index is 13.9. The monoisotopic (exact) mass is 1220 g/mol. The first-order valence-corrected chi connectivity index (χ1v) is 38.4. The van der Waals surface area contributed by atoms with Crippen LogP contribution >= 0.6 is 47.0 Å². The maximum Gasteiger partial charge on any atom is 0.309 e. The van der Waals surface area contributed by atoms with E-state index in [9.17, 15) is 19.2 Å². The molecular formula is C69H132O8S4. The largest absolute Gasteiger partial charge is 0.464 e. The minimum Gasteiger partial charge on any atom is -0.464 e. The topological polar surface area (TPSA) is 105 Å². The van der Waals surface area contributed by atoms with Gasteiger partial charge in [0.15, 0.2) is 0 Å². The Kier molecular flexibility index (Phi) is 55.3. The molecule has 12 heteroatoms. The van der Waals surface area contributed by atoms with Crippen LogP contribution in [0.3, 0.4) is 0 Å². The maximum absolute atomic E-state index is 13.9. The highest BCUT2D eigenvalue weighted by molar-refractivity contribution is 8.00. The molecule has 8 atom stereocenters. The van der Waals surface area contributed by atoms with Crippen LogP contribution in [0.2, 0.25) is 0 Å². The number of unbranched alkanes of at least 4 members (excludes halogenated alkanes) is 28. The van der Waals surface area contributed by atoms with Crippen molar-refractivity contribution in [1.29, 1.82) is 0 Å². The number of hydrogen-bond donors (Lipinski definition) is 0. The first kappa shape index (κ1) is 80.3. The molecule has 0 fully saturated rings. The van der Waals surface area contributed by atoms with Crippen LogP contribution in [-0.4, -0.2) is 94.3 Å². The van der Waals surface area contributed by atoms with E-state index in [2.05, 4.69) is 55.4 Å². The van der Waals surface area contributed by atoms with Gasteiger partial charge >= 0.3 is 23.9 Å². The summed E-state index contributed by atoms with van der Waals surface area (Å²) in [5, 5.41) is 1.69. The van der Waals surface area contributed by atoms with Gasteiger partial charge in [0.05, 0.1) is 23.7 Å². The van der Waals surface area contributed by atoms with E-state index in [1.54, 1.807) is 47.0 Å². The molecule has 81 heavy (non-hydrogen) atoms. The normalized spacial score (nSPS) is 15.5. The summed E-state index contributed by atoms with van der Waals surface area (Å²) in [4.78, 5) is 55.7. The Morgan fingerprint density at radius 1 is 0.272 bits per heavy atom. The first-order valence-electron chi connectivity index (χ1n) is 34.2. The van der Waals surface area contributed by atoms with Crippen LogP contribution in [0.25, 0.3) is 0 Å². The molecule has 0 saturated heterocycles. The van der Waals surface area contributed by atoms with Gasteiger partial charge in [-0.05, 0) is 25.7 Å². The molecule has 0 radical (unpaired) electrons. The molecule has 8 nitrogen and oxygen atoms in total. The van der Waals surface area contributed by atoms with Crippen molar-refractivity contribution < 1.29 is 38.1 Å². The van der Waals surface area contributed by atoms with Crippen LogP contribution in [0.15, 0.2) is 0 Å². The van der Waals surface area contributed by atoms with Gasteiger partial charge in [-0.1, -0.05) is 289 Å². The molecule has 0 saturated carbocycles. The van der Waals surface area contributed by atoms with E-state index in [0.717, 1.165) is 25.7 Å². The summed E-state index contributed by atoms with van der Waals surface area (Å²) < 4.78 is 24.7. The Hall–Kier alpha value is -0.720. The summed E-state index contributed by atoms with van der Waals surface area (Å²) in [7, 11) is 0. The summed E-state index contributed by atoms with van der Waals surface area (Å²) in [6.07, 6.45) is 45.7. The number of rotatable bonds is 60. The molecule has 0 aromatic rings. The Bertz CT molecular complexity index is 1250. The molecule has 0 aliphatic heterocycles. The van der Waals surface area contributed by atoms with Crippen LogP contribution in [-0.2, 0) is 38.1 Å². The van der Waals surface area contributed by atoms with Gasteiger partial charge < -0.3 is 18.9 Å². The lowest BCUT2D eigenvalue weighted by Gasteiger charge is -2.33. The van der Waals surface area contributed by atoms with Gasteiger partial charge in [0.25, 0.3) is 0 Å². The third-order valence-electron chi connectivity index (χ3n) is 16.1. The van der Waals surface area contributed by atoms with E-state index < -0.39 is 5.41 Å². The van der Waals surface area contributed by atoms with Crippen LogP contribution in [0.1, 0.15) is 314 Å². The first-order chi connectivity index (χ1) is 39.0. The van der Waals surface area contributed by atoms with Crippen LogP contribution in [0.4, 0.5) is 0 Å². The molecular weight excluding hydrogens is 1090 g/mol. The minimum atomic E-state index is -1.31. The summed E-state index contributed by atoms with van der Waals surface area (Å²) in [6, 6.07) is 0. The number of carbonyl (C=O) groups excluding carboxylic acids is 4. The van der Waals surface area contributed by atoms with E-state index in [0.29, 0.717) is 44.0 Å². The second kappa shape index (κ2) is 55.8. The molecule has 0 spiro atoms. The lowest BCUT2D eigenvalue weighted by Crippen LogP contribution is -2.45. The van der Waals surface area contributed by atoms with E-state index in [1.165, 1.54) is 205 Å². The van der Waals surface area contributed by atoms with Crippen molar-refractivity contribution in [2.45, 2.75) is 335 Å². The van der Waals surface area contributed by atoms with Crippen molar-refractivity contribution in [1.82, 2.24) is 0 Å². The number of ether oxygens (including phenoxy) is 4. The SMILES string of the molecule is CCCCCCCCCCC(C)SCC(C)C(=O)OCC(COC(=O)C(C)CSC(C)CCCCCCCCCC)(COC(=O)C(C)CSC(C)CCCCCCCCCC)COC(=O)C(C)CSC(C)CCCCCCCCCC. The van der Waals surface area contributed by atoms with Gasteiger partial charge in [0.2, 0.25) is 0 Å². The van der Waals surface area contributed by atoms with Crippen molar-refractivity contribution in [3.8, 4) is 0 Å². The summed E-state index contributed by atoms with van der Waals surface area (Å²) >= 11 is 7.22. The summed E-state index contributed by atoms with van der Waals surface area (Å²) in [5.74, 6) is -0.532. The molecule has 0 heterocycles. The molecule has 0 amide bonds. The molecule has 8 unspecified atom stereocenters. The molecule has 0 N–H and O–H groups in total. The Balaban J connectivity index is 6.17. The summed E-state index contributed by atoms with van der Waals surface area (Å²) in [5.41, 5.74) is -1.31. The molecule has 0 aromatic carbocycles. The zero-order chi connectivity index (χ0) is 60.2. The van der Waals surface area contributed by atoms with Crippen molar-refractivity contribution in [2.24, 2.45) is 29.1 Å². The highest BCUT2D eigenvalue weighted by Gasteiger charge is 2.40. The van der Waals surface area contributed by atoms with Gasteiger partial charge in [-0.3, -0.25) is 19.2 Å². The smallest absolute Gasteiger partial charge is 0.309 e. The van der Waals surface area contributed by atoms with Gasteiger partial charge in [-0.25, -0.2) is 0 Å². The van der Waals surface area contributed by atoms with E-state index in [-0.39, 0.29) is 74.0 Å². The highest BCUT2D eigenvalue weighted by Crippen LogP contribution is 2.29. The summed E-state index contributed by atoms with van der Waals surface area (Å²) in [6.45, 7) is 24.7. The van der Waals surface area contributed by atoms with Crippen molar-refractivity contribution in [3.63, 3.8) is 0 Å². The second-order valence-corrected chi connectivity index (χ2v) is 31.1. The standard InChI is InChI=1S/C69H132O8S4/c1-13-17-21-25-29-33-37-41-45-61(9)78-49-57(5)65(70)74-53-69(54-75-66(71)58(6)50-79-62(10)46-42-38-34-30-26-22-18-14-2,55-76-67(72)59(7)51-80-63(11)47-43-39-35-31-27-23-19-15-3)56-77-68(73)60(8)52-81-64(12)48-44-40-36-32-28-24-20-16-4/h57-64H,13-56H2,1-12H3. The third-order valence-corrected chi connectivity index (χ3v) is 22.1. The predicted molar refractivity (Wildman–Crippen MR) is 360 cm³/mol. The van der Waals surface area contributed by atoms with Crippen LogP contribution in [0.5, 0.6) is 0 Å². The lowest BCUT2D eigenvalue weighted by molar-refractivity contribution is -0.174. The van der Waals surface area contributed by atoms with Gasteiger partial charge in [-0.2, -0.15) is 47.0 Å². The highest BCUT2D eigenvalue weighted by atomic mass is 32.2.